The molecular formula is C10H19NO. The highest BCUT2D eigenvalue weighted by Gasteiger charge is 2.42. The Morgan fingerprint density at radius 1 is 1.42 bits per heavy atom. The van der Waals surface area contributed by atoms with Gasteiger partial charge < -0.3 is 5.11 Å². The van der Waals surface area contributed by atoms with Crippen LogP contribution < -0.4 is 0 Å². The zero-order valence-electron chi connectivity index (χ0n) is 8.08. The van der Waals surface area contributed by atoms with E-state index in [1.165, 1.54) is 19.4 Å². The summed E-state index contributed by atoms with van der Waals surface area (Å²) >= 11 is 0. The van der Waals surface area contributed by atoms with Gasteiger partial charge in [-0.3, -0.25) is 4.90 Å². The second-order valence-corrected chi connectivity index (χ2v) is 4.90. The van der Waals surface area contributed by atoms with Gasteiger partial charge in [-0.2, -0.15) is 0 Å². The Bertz CT molecular complexity index is 179. The second kappa shape index (κ2) is 2.71. The molecule has 2 heteroatoms. The first-order valence-corrected chi connectivity index (χ1v) is 5.04. The molecule has 12 heavy (non-hydrogen) atoms. The Hall–Kier alpha value is -0.0800. The van der Waals surface area contributed by atoms with Gasteiger partial charge in [-0.15, -0.1) is 0 Å². The Labute approximate surface area is 74.6 Å². The van der Waals surface area contributed by atoms with Crippen LogP contribution in [0.25, 0.3) is 0 Å². The summed E-state index contributed by atoms with van der Waals surface area (Å²) in [6.07, 6.45) is 4.51. The molecular weight excluding hydrogens is 150 g/mol. The van der Waals surface area contributed by atoms with Crippen LogP contribution in [0, 0.1) is 0 Å². The molecule has 0 radical (unpaired) electrons. The number of fused-ring (bicyclic) bond motifs is 1. The van der Waals surface area contributed by atoms with E-state index in [2.05, 4.69) is 18.7 Å². The quantitative estimate of drug-likeness (QED) is 0.592. The van der Waals surface area contributed by atoms with Gasteiger partial charge in [0.05, 0.1) is 6.10 Å². The lowest BCUT2D eigenvalue weighted by Crippen LogP contribution is -2.53. The van der Waals surface area contributed by atoms with Crippen LogP contribution in [0.5, 0.6) is 0 Å². The molecule has 2 heterocycles. The van der Waals surface area contributed by atoms with E-state index < -0.39 is 0 Å². The maximum atomic E-state index is 9.67. The number of piperidine rings is 1. The van der Waals surface area contributed by atoms with Crippen LogP contribution in [-0.4, -0.2) is 34.2 Å². The topological polar surface area (TPSA) is 23.5 Å². The molecule has 0 unspecified atom stereocenters. The first kappa shape index (κ1) is 8.52. The van der Waals surface area contributed by atoms with Crippen molar-refractivity contribution in [1.29, 1.82) is 0 Å². The molecule has 0 saturated carbocycles. The van der Waals surface area contributed by atoms with Crippen LogP contribution >= 0.6 is 0 Å². The smallest absolute Gasteiger partial charge is 0.0572 e. The number of nitrogens with zero attached hydrogens (tertiary/aromatic N) is 1. The third-order valence-corrected chi connectivity index (χ3v) is 3.43. The Balaban J connectivity index is 2.15. The molecule has 1 N–H and O–H groups in total. The third kappa shape index (κ3) is 1.27. The molecule has 0 aliphatic carbocycles. The van der Waals surface area contributed by atoms with E-state index in [1.807, 2.05) is 0 Å². The van der Waals surface area contributed by atoms with Gasteiger partial charge in [-0.05, 0) is 46.1 Å². The predicted molar refractivity (Wildman–Crippen MR) is 49.0 cm³/mol. The second-order valence-electron chi connectivity index (χ2n) is 4.90. The van der Waals surface area contributed by atoms with Gasteiger partial charge in [0.2, 0.25) is 0 Å². The summed E-state index contributed by atoms with van der Waals surface area (Å²) in [5.74, 6) is 0. The normalized spacial score (nSPS) is 41.2. The van der Waals surface area contributed by atoms with E-state index in [4.69, 9.17) is 0 Å². The van der Waals surface area contributed by atoms with Gasteiger partial charge in [0.25, 0.3) is 0 Å². The van der Waals surface area contributed by atoms with E-state index in [9.17, 15) is 5.11 Å². The summed E-state index contributed by atoms with van der Waals surface area (Å²) in [7, 11) is 0. The van der Waals surface area contributed by atoms with Crippen molar-refractivity contribution < 1.29 is 5.11 Å². The van der Waals surface area contributed by atoms with Crippen molar-refractivity contribution in [3.63, 3.8) is 0 Å². The Kier molecular flexibility index (Phi) is 1.92. The molecule has 0 aromatic carbocycles. The number of aliphatic hydroxyl groups excluding tert-OH is 1. The van der Waals surface area contributed by atoms with Gasteiger partial charge in [0.15, 0.2) is 0 Å². The SMILES string of the molecule is CC1(C)C[C@@H](O)C[C@@H]2CCCN21. The number of rotatable bonds is 0. The summed E-state index contributed by atoms with van der Waals surface area (Å²) in [5.41, 5.74) is 0.235. The highest BCUT2D eigenvalue weighted by atomic mass is 16.3. The molecule has 2 aliphatic rings. The number of hydrogen-bond acceptors (Lipinski definition) is 2. The van der Waals surface area contributed by atoms with Gasteiger partial charge in [-0.25, -0.2) is 0 Å². The molecule has 0 bridgehead atoms. The van der Waals surface area contributed by atoms with Gasteiger partial charge in [0, 0.05) is 11.6 Å². The first-order chi connectivity index (χ1) is 5.59. The summed E-state index contributed by atoms with van der Waals surface area (Å²) < 4.78 is 0. The molecule has 0 aromatic rings. The molecule has 0 aromatic heterocycles. The molecule has 2 fully saturated rings. The van der Waals surface area contributed by atoms with E-state index in [-0.39, 0.29) is 11.6 Å². The minimum absolute atomic E-state index is 0.0562. The molecule has 2 rings (SSSR count). The lowest BCUT2D eigenvalue weighted by Gasteiger charge is -2.46. The molecule has 2 atom stereocenters. The maximum Gasteiger partial charge on any atom is 0.0572 e. The van der Waals surface area contributed by atoms with Crippen molar-refractivity contribution >= 4 is 0 Å². The minimum Gasteiger partial charge on any atom is -0.393 e. The van der Waals surface area contributed by atoms with Crippen LogP contribution in [0.3, 0.4) is 0 Å². The van der Waals surface area contributed by atoms with Crippen LogP contribution in [0.2, 0.25) is 0 Å². The highest BCUT2D eigenvalue weighted by molar-refractivity contribution is 4.97. The fourth-order valence-corrected chi connectivity index (χ4v) is 2.97. The summed E-state index contributed by atoms with van der Waals surface area (Å²) in [6.45, 7) is 5.76. The van der Waals surface area contributed by atoms with Crippen molar-refractivity contribution in [2.75, 3.05) is 6.54 Å². The van der Waals surface area contributed by atoms with Crippen LogP contribution in [0.15, 0.2) is 0 Å². The largest absolute Gasteiger partial charge is 0.393 e. The lowest BCUT2D eigenvalue weighted by atomic mass is 9.85. The van der Waals surface area contributed by atoms with E-state index >= 15 is 0 Å². The van der Waals surface area contributed by atoms with Gasteiger partial charge in [0.1, 0.15) is 0 Å². The standard InChI is InChI=1S/C10H19NO/c1-10(2)7-9(12)6-8-4-3-5-11(8)10/h8-9,12H,3-7H2,1-2H3/t8-,9-/m0/s1. The lowest BCUT2D eigenvalue weighted by molar-refractivity contribution is -0.0204. The monoisotopic (exact) mass is 169 g/mol. The van der Waals surface area contributed by atoms with Crippen LogP contribution in [-0.2, 0) is 0 Å². The molecule has 2 nitrogen and oxygen atoms in total. The zero-order valence-corrected chi connectivity index (χ0v) is 8.08. The van der Waals surface area contributed by atoms with E-state index in [0.29, 0.717) is 6.04 Å². The van der Waals surface area contributed by atoms with Crippen LogP contribution in [0.4, 0.5) is 0 Å². The Morgan fingerprint density at radius 3 is 2.92 bits per heavy atom. The molecule has 0 amide bonds. The molecule has 0 spiro atoms. The van der Waals surface area contributed by atoms with Crippen LogP contribution in [0.1, 0.15) is 39.5 Å². The average molecular weight is 169 g/mol. The van der Waals surface area contributed by atoms with Crippen molar-refractivity contribution in [1.82, 2.24) is 4.90 Å². The summed E-state index contributed by atoms with van der Waals surface area (Å²) in [5, 5.41) is 9.67. The fraction of sp³-hybridized carbons (Fsp3) is 1.00. The third-order valence-electron chi connectivity index (χ3n) is 3.43. The highest BCUT2D eigenvalue weighted by Crippen LogP contribution is 2.37. The minimum atomic E-state index is -0.0562. The summed E-state index contributed by atoms with van der Waals surface area (Å²) in [4.78, 5) is 2.58. The molecule has 2 saturated heterocycles. The number of aliphatic hydroxyl groups is 1. The van der Waals surface area contributed by atoms with Crippen molar-refractivity contribution in [2.45, 2.75) is 57.2 Å². The Morgan fingerprint density at radius 2 is 2.17 bits per heavy atom. The van der Waals surface area contributed by atoms with E-state index in [0.717, 1.165) is 12.8 Å². The predicted octanol–water partition coefficient (Wildman–Crippen LogP) is 1.38. The number of hydrogen-bond donors (Lipinski definition) is 1. The average Bonchev–Trinajstić information content (AvgIpc) is 2.32. The van der Waals surface area contributed by atoms with Gasteiger partial charge in [-0.1, -0.05) is 0 Å². The zero-order chi connectivity index (χ0) is 8.77. The molecule has 70 valence electrons. The van der Waals surface area contributed by atoms with Crippen molar-refractivity contribution in [2.24, 2.45) is 0 Å². The summed E-state index contributed by atoms with van der Waals surface area (Å²) in [6, 6.07) is 0.670. The van der Waals surface area contributed by atoms with E-state index in [1.54, 1.807) is 0 Å². The maximum absolute atomic E-state index is 9.67. The van der Waals surface area contributed by atoms with Crippen molar-refractivity contribution in [3.05, 3.63) is 0 Å². The molecule has 2 aliphatic heterocycles. The first-order valence-electron chi connectivity index (χ1n) is 5.04. The fourth-order valence-electron chi connectivity index (χ4n) is 2.97. The van der Waals surface area contributed by atoms with Gasteiger partial charge >= 0.3 is 0 Å². The van der Waals surface area contributed by atoms with Crippen molar-refractivity contribution in [3.8, 4) is 0 Å².